The first-order valence-corrected chi connectivity index (χ1v) is 6.01. The first-order valence-electron chi connectivity index (χ1n) is 4.93. The fourth-order valence-corrected chi connectivity index (χ4v) is 1.81. The zero-order valence-corrected chi connectivity index (χ0v) is 11.2. The molecule has 1 amide bonds. The van der Waals surface area contributed by atoms with Crippen LogP contribution in [-0.2, 0) is 0 Å². The van der Waals surface area contributed by atoms with Gasteiger partial charge in [-0.3, -0.25) is 4.79 Å². The van der Waals surface area contributed by atoms with Gasteiger partial charge in [-0.15, -0.1) is 0 Å². The van der Waals surface area contributed by atoms with E-state index in [1.54, 1.807) is 12.1 Å². The quantitative estimate of drug-likeness (QED) is 0.812. The lowest BCUT2D eigenvalue weighted by Crippen LogP contribution is -2.36. The molecule has 1 unspecified atom stereocenters. The number of halogens is 3. The zero-order valence-electron chi connectivity index (χ0n) is 9.08. The number of rotatable bonds is 4. The number of benzene rings is 1. The molecule has 3 nitrogen and oxygen atoms in total. The monoisotopic (exact) mass is 355 g/mol. The molecule has 0 spiro atoms. The molecule has 17 heavy (non-hydrogen) atoms. The van der Waals surface area contributed by atoms with Gasteiger partial charge in [0.2, 0.25) is 0 Å². The van der Waals surface area contributed by atoms with Crippen LogP contribution in [0.15, 0.2) is 18.2 Å². The van der Waals surface area contributed by atoms with Gasteiger partial charge < -0.3 is 10.4 Å². The lowest BCUT2D eigenvalue weighted by Gasteiger charge is -2.12. The minimum absolute atomic E-state index is 0.423. The molecule has 0 bridgehead atoms. The summed E-state index contributed by atoms with van der Waals surface area (Å²) >= 11 is 2.02. The van der Waals surface area contributed by atoms with Gasteiger partial charge in [0.15, 0.2) is 0 Å². The first kappa shape index (κ1) is 14.3. The van der Waals surface area contributed by atoms with Gasteiger partial charge >= 0.3 is 0 Å². The highest BCUT2D eigenvalue weighted by Gasteiger charge is 2.18. The van der Waals surface area contributed by atoms with Crippen LogP contribution < -0.4 is 5.32 Å². The van der Waals surface area contributed by atoms with Crippen LogP contribution in [0.5, 0.6) is 0 Å². The number of aliphatic hydroxyl groups is 1. The SMILES string of the molecule is Cc1cccc(C(=O)NCC(O)C(F)F)c1I. The second-order valence-corrected chi connectivity index (χ2v) is 4.63. The molecule has 0 aliphatic rings. The van der Waals surface area contributed by atoms with E-state index in [1.165, 1.54) is 0 Å². The number of aryl methyl sites for hydroxylation is 1. The topological polar surface area (TPSA) is 49.3 Å². The third-order valence-corrected chi connectivity index (χ3v) is 3.63. The maximum atomic E-state index is 12.0. The summed E-state index contributed by atoms with van der Waals surface area (Å²) in [5.74, 6) is -0.460. The van der Waals surface area contributed by atoms with Gasteiger partial charge in [-0.25, -0.2) is 8.78 Å². The summed E-state index contributed by atoms with van der Waals surface area (Å²) in [5.41, 5.74) is 1.36. The molecule has 0 saturated heterocycles. The molecule has 0 fully saturated rings. The zero-order chi connectivity index (χ0) is 13.0. The van der Waals surface area contributed by atoms with E-state index >= 15 is 0 Å². The second kappa shape index (κ2) is 6.25. The normalized spacial score (nSPS) is 12.6. The van der Waals surface area contributed by atoms with Crippen LogP contribution in [-0.4, -0.2) is 30.1 Å². The van der Waals surface area contributed by atoms with Gasteiger partial charge in [0.1, 0.15) is 6.10 Å². The van der Waals surface area contributed by atoms with E-state index in [1.807, 2.05) is 35.6 Å². The van der Waals surface area contributed by atoms with Crippen LogP contribution in [0, 0.1) is 10.5 Å². The molecule has 0 heterocycles. The van der Waals surface area contributed by atoms with Gasteiger partial charge in [-0.1, -0.05) is 12.1 Å². The van der Waals surface area contributed by atoms with Crippen LogP contribution >= 0.6 is 22.6 Å². The van der Waals surface area contributed by atoms with E-state index in [9.17, 15) is 13.6 Å². The molecule has 0 aliphatic heterocycles. The van der Waals surface area contributed by atoms with Crippen molar-refractivity contribution in [3.05, 3.63) is 32.9 Å². The number of alkyl halides is 2. The predicted molar refractivity (Wildman–Crippen MR) is 68.2 cm³/mol. The largest absolute Gasteiger partial charge is 0.385 e. The molecule has 1 aromatic rings. The molecule has 0 saturated carbocycles. The fourth-order valence-electron chi connectivity index (χ4n) is 1.20. The van der Waals surface area contributed by atoms with E-state index < -0.39 is 25.0 Å². The highest BCUT2D eigenvalue weighted by Crippen LogP contribution is 2.16. The number of aliphatic hydroxyl groups excluding tert-OH is 1. The Morgan fingerprint density at radius 1 is 1.53 bits per heavy atom. The standard InChI is InChI=1S/C11H12F2INO2/c1-6-3-2-4-7(9(6)14)11(17)15-5-8(16)10(12)13/h2-4,8,10,16H,5H2,1H3,(H,15,17). The highest BCUT2D eigenvalue weighted by atomic mass is 127. The third-order valence-electron chi connectivity index (χ3n) is 2.20. The molecule has 0 radical (unpaired) electrons. The van der Waals surface area contributed by atoms with Gasteiger partial charge in [0, 0.05) is 10.1 Å². The Bertz CT molecular complexity index is 412. The summed E-state index contributed by atoms with van der Waals surface area (Å²) in [6, 6.07) is 5.18. The average molecular weight is 355 g/mol. The summed E-state index contributed by atoms with van der Waals surface area (Å²) in [6.45, 7) is 1.40. The molecule has 1 rings (SSSR count). The van der Waals surface area contributed by atoms with Gasteiger partial charge in [-0.2, -0.15) is 0 Å². The molecule has 94 valence electrons. The van der Waals surface area contributed by atoms with Crippen molar-refractivity contribution in [3.8, 4) is 0 Å². The molecule has 0 aromatic heterocycles. The van der Waals surface area contributed by atoms with E-state index in [4.69, 9.17) is 5.11 Å². The van der Waals surface area contributed by atoms with E-state index in [2.05, 4.69) is 5.32 Å². The second-order valence-electron chi connectivity index (χ2n) is 3.55. The van der Waals surface area contributed by atoms with Crippen molar-refractivity contribution in [2.24, 2.45) is 0 Å². The fraction of sp³-hybridized carbons (Fsp3) is 0.364. The van der Waals surface area contributed by atoms with Crippen LogP contribution in [0.3, 0.4) is 0 Å². The average Bonchev–Trinajstić information content (AvgIpc) is 2.29. The summed E-state index contributed by atoms with van der Waals surface area (Å²) in [5, 5.41) is 11.2. The third kappa shape index (κ3) is 3.88. The molecular weight excluding hydrogens is 343 g/mol. The van der Waals surface area contributed by atoms with Gasteiger partial charge in [-0.05, 0) is 41.1 Å². The predicted octanol–water partition coefficient (Wildman–Crippen LogP) is 1.96. The molecule has 0 aliphatic carbocycles. The van der Waals surface area contributed by atoms with E-state index in [0.717, 1.165) is 9.13 Å². The van der Waals surface area contributed by atoms with Crippen LogP contribution in [0.2, 0.25) is 0 Å². The Morgan fingerprint density at radius 3 is 2.76 bits per heavy atom. The summed E-state index contributed by atoms with van der Waals surface area (Å²) in [7, 11) is 0. The smallest absolute Gasteiger partial charge is 0.265 e. The Kier molecular flexibility index (Phi) is 5.26. The Hall–Kier alpha value is -0.760. The van der Waals surface area contributed by atoms with Crippen molar-refractivity contribution >= 4 is 28.5 Å². The van der Waals surface area contributed by atoms with Crippen LogP contribution in [0.25, 0.3) is 0 Å². The number of hydrogen-bond donors (Lipinski definition) is 2. The Balaban J connectivity index is 2.68. The molecular formula is C11H12F2INO2. The molecule has 1 atom stereocenters. The van der Waals surface area contributed by atoms with Crippen molar-refractivity contribution in [2.75, 3.05) is 6.54 Å². The van der Waals surface area contributed by atoms with Crippen molar-refractivity contribution in [3.63, 3.8) is 0 Å². The van der Waals surface area contributed by atoms with Crippen LogP contribution in [0.4, 0.5) is 8.78 Å². The van der Waals surface area contributed by atoms with Crippen molar-refractivity contribution < 1.29 is 18.7 Å². The molecule has 6 heteroatoms. The molecule has 2 N–H and O–H groups in total. The lowest BCUT2D eigenvalue weighted by molar-refractivity contribution is -0.00270. The minimum atomic E-state index is -2.85. The summed E-state index contributed by atoms with van der Waals surface area (Å²) < 4.78 is 24.8. The van der Waals surface area contributed by atoms with Gasteiger partial charge in [0.25, 0.3) is 12.3 Å². The first-order chi connectivity index (χ1) is 7.93. The van der Waals surface area contributed by atoms with Crippen LogP contribution in [0.1, 0.15) is 15.9 Å². The van der Waals surface area contributed by atoms with Crippen molar-refractivity contribution in [2.45, 2.75) is 19.5 Å². The summed E-state index contributed by atoms with van der Waals surface area (Å²) in [6.07, 6.45) is -4.69. The van der Waals surface area contributed by atoms with Gasteiger partial charge in [0.05, 0.1) is 5.56 Å². The Labute approximate surface area is 111 Å². The minimum Gasteiger partial charge on any atom is -0.385 e. The number of nitrogens with one attached hydrogen (secondary N) is 1. The molecule has 1 aromatic carbocycles. The number of hydrogen-bond acceptors (Lipinski definition) is 2. The summed E-state index contributed by atoms with van der Waals surface area (Å²) in [4.78, 5) is 11.7. The van der Waals surface area contributed by atoms with E-state index in [-0.39, 0.29) is 0 Å². The van der Waals surface area contributed by atoms with E-state index in [0.29, 0.717) is 5.56 Å². The lowest BCUT2D eigenvalue weighted by atomic mass is 10.1. The Morgan fingerprint density at radius 2 is 2.18 bits per heavy atom. The maximum absolute atomic E-state index is 12.0. The van der Waals surface area contributed by atoms with Crippen molar-refractivity contribution in [1.29, 1.82) is 0 Å². The highest BCUT2D eigenvalue weighted by molar-refractivity contribution is 14.1. The maximum Gasteiger partial charge on any atom is 0.265 e. The number of carbonyl (C=O) groups is 1. The number of carbonyl (C=O) groups excluding carboxylic acids is 1. The van der Waals surface area contributed by atoms with Crippen molar-refractivity contribution in [1.82, 2.24) is 5.32 Å². The number of amides is 1.